The summed E-state index contributed by atoms with van der Waals surface area (Å²) >= 11 is 0. The van der Waals surface area contributed by atoms with E-state index in [2.05, 4.69) is 4.74 Å². The molecule has 16 N–H and O–H groups in total. The van der Waals surface area contributed by atoms with Crippen LogP contribution in [-0.2, 0) is 42.7 Å². The number of phenols is 5. The van der Waals surface area contributed by atoms with Gasteiger partial charge in [0.2, 0.25) is 24.4 Å². The van der Waals surface area contributed by atoms with E-state index >= 15 is 0 Å². The minimum Gasteiger partial charge on any atom is -0.571 e. The lowest BCUT2D eigenvalue weighted by atomic mass is 9.95. The number of ether oxygens (including phenoxy) is 9. The van der Waals surface area contributed by atoms with Gasteiger partial charge in [-0.3, -0.25) is 0 Å². The Morgan fingerprint density at radius 3 is 1.87 bits per heavy atom. The molecule has 16 unspecified atom stereocenters. The fourth-order valence-electron chi connectivity index (χ4n) is 8.30. The molecule has 0 aromatic heterocycles. The molecule has 5 aliphatic rings. The predicted molar refractivity (Wildman–Crippen MR) is 246 cm³/mol. The second-order valence-electron chi connectivity index (χ2n) is 17.6. The first-order chi connectivity index (χ1) is 35.7. The van der Waals surface area contributed by atoms with E-state index in [1.165, 1.54) is 60.7 Å². The molecule has 3 saturated heterocycles. The third-order valence-corrected chi connectivity index (χ3v) is 12.5. The van der Waals surface area contributed by atoms with Gasteiger partial charge in [-0.15, -0.1) is 0 Å². The normalized spacial score (nSPS) is 32.8. The monoisotopic (exact) mass is 1060 g/mol. The molecule has 0 spiro atoms. The van der Waals surface area contributed by atoms with Gasteiger partial charge in [0.1, 0.15) is 97.6 Å². The molecule has 0 radical (unpaired) electrons. The van der Waals surface area contributed by atoms with Crippen LogP contribution in [0.4, 0.5) is 0 Å². The standard InChI is InChI=1S/C49H52O26/c50-16-32-36(58)39(61)42(64)47(72-32)70-30-14-23(52)13-29-24(30)15-31(44(69-29)21-5-9-26(54)28(56)12-21)71-49-45(41(63)38(60)33(74-49)17-67-35(57)10-2-19-1-8-25(53)27(55)11-19)75-48-43(65)40(62)37(59)34(73-48)18-68-46(66)20-3-6-22(51)7-4-20/h1-15,29,32-34,36-43,45,47-56,58-65H,16-18H2/p+1. The van der Waals surface area contributed by atoms with Gasteiger partial charge in [0.15, 0.2) is 35.4 Å². The first-order valence-electron chi connectivity index (χ1n) is 22.9. The highest BCUT2D eigenvalue weighted by Gasteiger charge is 2.53. The van der Waals surface area contributed by atoms with E-state index in [-0.39, 0.29) is 45.3 Å². The molecule has 16 atom stereocenters. The molecule has 26 nitrogen and oxygen atoms in total. The number of aliphatic hydroxyl groups excluding tert-OH is 10. The van der Waals surface area contributed by atoms with Crippen LogP contribution in [0, 0.1) is 0 Å². The van der Waals surface area contributed by atoms with Crippen LogP contribution in [0.1, 0.15) is 21.5 Å². The predicted octanol–water partition coefficient (Wildman–Crippen LogP) is -2.35. The van der Waals surface area contributed by atoms with Crippen molar-refractivity contribution < 1.29 is 129 Å². The molecule has 75 heavy (non-hydrogen) atoms. The van der Waals surface area contributed by atoms with E-state index in [0.717, 1.165) is 30.4 Å². The smallest absolute Gasteiger partial charge is 0.338 e. The van der Waals surface area contributed by atoms with Crippen molar-refractivity contribution >= 4 is 23.8 Å². The molecule has 3 fully saturated rings. The second-order valence-corrected chi connectivity index (χ2v) is 17.6. The Labute approximate surface area is 423 Å². The van der Waals surface area contributed by atoms with Crippen LogP contribution in [0.3, 0.4) is 0 Å². The van der Waals surface area contributed by atoms with Crippen molar-refractivity contribution in [1.29, 1.82) is 0 Å². The van der Waals surface area contributed by atoms with Crippen molar-refractivity contribution in [1.82, 2.24) is 0 Å². The number of benzene rings is 3. The summed E-state index contributed by atoms with van der Waals surface area (Å²) in [6.45, 7) is -2.39. The SMILES string of the molecule is O=C(C=Cc1ccc(O)c(O)c1)OCC1OC(OC2=C(c3ccc(O)c(O)c3)[OH+]C3C=C(O)C=C(OC4OC(CO)C(O)C(O)C4O)C3=C2)C(OC2OC(COC(=O)c3ccc(O)cc3)C(O)C(O)C2O)C(O)C1O. The number of fused-ring (bicyclic) bond motifs is 1. The third-order valence-electron chi connectivity index (χ3n) is 12.5. The average Bonchev–Trinajstić information content (AvgIpc) is 3.39. The van der Waals surface area contributed by atoms with Crippen LogP contribution in [-0.4, -0.2) is 211 Å². The van der Waals surface area contributed by atoms with Crippen LogP contribution >= 0.6 is 0 Å². The van der Waals surface area contributed by atoms with Crippen LogP contribution in [0.5, 0.6) is 28.7 Å². The quantitative estimate of drug-likeness (QED) is 0.0328. The van der Waals surface area contributed by atoms with E-state index in [1.807, 2.05) is 0 Å². The van der Waals surface area contributed by atoms with Gasteiger partial charge < -0.3 is 119 Å². The fourth-order valence-corrected chi connectivity index (χ4v) is 8.30. The van der Waals surface area contributed by atoms with Crippen molar-refractivity contribution in [2.45, 2.75) is 98.2 Å². The summed E-state index contributed by atoms with van der Waals surface area (Å²) < 4.78 is 51.1. The Balaban J connectivity index is 1.12. The molecule has 3 aromatic carbocycles. The highest BCUT2D eigenvalue weighted by Crippen LogP contribution is 2.41. The van der Waals surface area contributed by atoms with Crippen LogP contribution in [0.2, 0.25) is 0 Å². The summed E-state index contributed by atoms with van der Waals surface area (Å²) in [4.78, 5) is 25.8. The Bertz CT molecular complexity index is 2720. The van der Waals surface area contributed by atoms with Crippen LogP contribution in [0.15, 0.2) is 108 Å². The Kier molecular flexibility index (Phi) is 16.5. The summed E-state index contributed by atoms with van der Waals surface area (Å²) in [5, 5.41) is 159. The molecule has 0 bridgehead atoms. The summed E-state index contributed by atoms with van der Waals surface area (Å²) in [5.41, 5.74) is 0.277. The number of aliphatic hydroxyl groups is 12. The molecule has 1 aliphatic carbocycles. The van der Waals surface area contributed by atoms with Crippen molar-refractivity contribution in [2.75, 3.05) is 19.8 Å². The first-order valence-corrected chi connectivity index (χ1v) is 22.9. The molecular formula is C49H53O26+. The van der Waals surface area contributed by atoms with Gasteiger partial charge in [0.25, 0.3) is 0 Å². The zero-order valence-electron chi connectivity index (χ0n) is 38.8. The lowest BCUT2D eigenvalue weighted by Gasteiger charge is -2.46. The molecule has 26 heteroatoms. The summed E-state index contributed by atoms with van der Waals surface area (Å²) in [7, 11) is 0. The first kappa shape index (κ1) is 54.2. The molecule has 8 rings (SSSR count). The largest absolute Gasteiger partial charge is 0.571 e. The van der Waals surface area contributed by atoms with Gasteiger partial charge in [0.05, 0.1) is 29.4 Å². The molecule has 3 aromatic rings. The number of carbonyl (C=O) groups excluding carboxylic acids is 2. The maximum atomic E-state index is 12.9. The minimum absolute atomic E-state index is 0.00687. The number of hydrogen-bond donors (Lipinski definition) is 15. The Morgan fingerprint density at radius 2 is 1.20 bits per heavy atom. The molecule has 4 heterocycles. The average molecular weight is 1060 g/mol. The molecule has 4 aliphatic heterocycles. The van der Waals surface area contributed by atoms with E-state index in [9.17, 15) is 86.2 Å². The van der Waals surface area contributed by atoms with E-state index in [4.69, 9.17) is 37.9 Å². The number of allylic oxidation sites excluding steroid dienone is 2. The van der Waals surface area contributed by atoms with Gasteiger partial charge in [-0.2, -0.15) is 0 Å². The number of rotatable bonds is 15. The van der Waals surface area contributed by atoms with Gasteiger partial charge in [-0.05, 0) is 60.2 Å². The van der Waals surface area contributed by atoms with E-state index in [0.29, 0.717) is 0 Å². The molecule has 0 amide bonds. The zero-order chi connectivity index (χ0) is 54.0. The van der Waals surface area contributed by atoms with Crippen LogP contribution in [0.25, 0.3) is 11.8 Å². The Morgan fingerprint density at radius 1 is 0.600 bits per heavy atom. The maximum Gasteiger partial charge on any atom is 0.338 e. The summed E-state index contributed by atoms with van der Waals surface area (Å²) in [5.74, 6) is -5.51. The lowest BCUT2D eigenvalue weighted by molar-refractivity contribution is -0.363. The summed E-state index contributed by atoms with van der Waals surface area (Å²) in [6.07, 6.45) is -24.1. The van der Waals surface area contributed by atoms with Crippen molar-refractivity contribution in [3.8, 4) is 28.7 Å². The number of phenolic OH excluding ortho intramolecular Hbond substituents is 5. The van der Waals surface area contributed by atoms with Crippen LogP contribution < -0.4 is 0 Å². The Hall–Kier alpha value is -7.02. The van der Waals surface area contributed by atoms with Gasteiger partial charge >= 0.3 is 17.7 Å². The maximum absolute atomic E-state index is 12.9. The van der Waals surface area contributed by atoms with Crippen molar-refractivity contribution in [3.05, 3.63) is 125 Å². The van der Waals surface area contributed by atoms with Gasteiger partial charge in [-0.25, -0.2) is 9.59 Å². The minimum atomic E-state index is -2.16. The number of aromatic hydroxyl groups is 5. The molecular weight excluding hydrogens is 1000 g/mol. The number of hydrogen-bond acceptors (Lipinski definition) is 25. The highest BCUT2D eigenvalue weighted by molar-refractivity contribution is 5.89. The lowest BCUT2D eigenvalue weighted by Crippen LogP contribution is -2.64. The fraction of sp³-hybridized carbons (Fsp3) is 0.388. The van der Waals surface area contributed by atoms with E-state index in [1.54, 1.807) is 0 Å². The van der Waals surface area contributed by atoms with Gasteiger partial charge in [-0.1, -0.05) is 6.07 Å². The highest BCUT2D eigenvalue weighted by atomic mass is 16.8. The number of carbonyl (C=O) groups is 2. The summed E-state index contributed by atoms with van der Waals surface area (Å²) in [6, 6.07) is 12.1. The van der Waals surface area contributed by atoms with E-state index < -0.39 is 159 Å². The molecule has 404 valence electrons. The van der Waals surface area contributed by atoms with Crippen molar-refractivity contribution in [2.24, 2.45) is 0 Å². The van der Waals surface area contributed by atoms with Crippen molar-refractivity contribution in [3.63, 3.8) is 0 Å². The third kappa shape index (κ3) is 11.9. The number of esters is 2. The zero-order valence-corrected chi connectivity index (χ0v) is 38.8. The van der Waals surface area contributed by atoms with Gasteiger partial charge in [0, 0.05) is 24.3 Å². The molecule has 0 saturated carbocycles. The second kappa shape index (κ2) is 22.8. The topological polar surface area (TPSA) is 424 Å².